The molecule has 0 aromatic carbocycles. The highest BCUT2D eigenvalue weighted by Crippen LogP contribution is 2.08. The zero-order valence-corrected chi connectivity index (χ0v) is 11.1. The summed E-state index contributed by atoms with van der Waals surface area (Å²) < 4.78 is 0. The van der Waals surface area contributed by atoms with Gasteiger partial charge in [-0.1, -0.05) is 45.4 Å². The van der Waals surface area contributed by atoms with Gasteiger partial charge in [-0.25, -0.2) is 0 Å². The standard InChI is InChI=1S/C13H26N2O2/c1-3-4-5-6-7-8-9-12(2)15-13(17)10-14-11-16/h11-12H,3-10H2,1-2H3,(H,14,16)(H,15,17). The van der Waals surface area contributed by atoms with Crippen molar-refractivity contribution in [2.75, 3.05) is 6.54 Å². The SMILES string of the molecule is CCCCCCCCC(C)NC(=O)CNC=O. The first-order valence-electron chi connectivity index (χ1n) is 6.67. The second-order valence-electron chi connectivity index (χ2n) is 4.52. The maximum absolute atomic E-state index is 11.3. The van der Waals surface area contributed by atoms with E-state index in [2.05, 4.69) is 17.6 Å². The number of hydrogen-bond donors (Lipinski definition) is 2. The van der Waals surface area contributed by atoms with Gasteiger partial charge in [-0.3, -0.25) is 9.59 Å². The Kier molecular flexibility index (Phi) is 10.7. The Morgan fingerprint density at radius 2 is 1.82 bits per heavy atom. The number of rotatable bonds is 11. The molecule has 0 saturated carbocycles. The average Bonchev–Trinajstić information content (AvgIpc) is 2.31. The molecule has 0 aromatic rings. The second-order valence-corrected chi connectivity index (χ2v) is 4.52. The zero-order valence-electron chi connectivity index (χ0n) is 11.1. The average molecular weight is 242 g/mol. The van der Waals surface area contributed by atoms with Gasteiger partial charge in [-0.2, -0.15) is 0 Å². The van der Waals surface area contributed by atoms with Gasteiger partial charge in [0, 0.05) is 6.04 Å². The number of carbonyl (C=O) groups excluding carboxylic acids is 2. The molecule has 1 unspecified atom stereocenters. The molecule has 100 valence electrons. The number of unbranched alkanes of at least 4 members (excludes halogenated alkanes) is 5. The van der Waals surface area contributed by atoms with Crippen LogP contribution in [0.2, 0.25) is 0 Å². The lowest BCUT2D eigenvalue weighted by Gasteiger charge is -2.13. The van der Waals surface area contributed by atoms with E-state index in [1.165, 1.54) is 32.1 Å². The summed E-state index contributed by atoms with van der Waals surface area (Å²) in [5, 5.41) is 5.21. The predicted molar refractivity (Wildman–Crippen MR) is 69.7 cm³/mol. The summed E-state index contributed by atoms with van der Waals surface area (Å²) >= 11 is 0. The topological polar surface area (TPSA) is 58.2 Å². The Morgan fingerprint density at radius 3 is 2.47 bits per heavy atom. The summed E-state index contributed by atoms with van der Waals surface area (Å²) in [7, 11) is 0. The zero-order chi connectivity index (χ0) is 12.9. The maximum Gasteiger partial charge on any atom is 0.239 e. The monoisotopic (exact) mass is 242 g/mol. The smallest absolute Gasteiger partial charge is 0.239 e. The summed E-state index contributed by atoms with van der Waals surface area (Å²) in [5.41, 5.74) is 0. The first-order valence-corrected chi connectivity index (χ1v) is 6.67. The van der Waals surface area contributed by atoms with Gasteiger partial charge in [0.2, 0.25) is 12.3 Å². The lowest BCUT2D eigenvalue weighted by Crippen LogP contribution is -2.38. The van der Waals surface area contributed by atoms with E-state index in [1.54, 1.807) is 0 Å². The van der Waals surface area contributed by atoms with E-state index < -0.39 is 0 Å². The van der Waals surface area contributed by atoms with Crippen molar-refractivity contribution in [1.29, 1.82) is 0 Å². The quantitative estimate of drug-likeness (QED) is 0.430. The minimum atomic E-state index is -0.115. The fourth-order valence-corrected chi connectivity index (χ4v) is 1.76. The van der Waals surface area contributed by atoms with Crippen LogP contribution in [0.4, 0.5) is 0 Å². The van der Waals surface area contributed by atoms with Gasteiger partial charge in [0.15, 0.2) is 0 Å². The van der Waals surface area contributed by atoms with Gasteiger partial charge in [0.25, 0.3) is 0 Å². The molecule has 0 saturated heterocycles. The number of carbonyl (C=O) groups is 2. The highest BCUT2D eigenvalue weighted by molar-refractivity contribution is 5.79. The van der Waals surface area contributed by atoms with Crippen LogP contribution in [0.25, 0.3) is 0 Å². The lowest BCUT2D eigenvalue weighted by molar-refractivity contribution is -0.122. The molecule has 0 fully saturated rings. The van der Waals surface area contributed by atoms with E-state index in [0.29, 0.717) is 6.41 Å². The number of nitrogens with one attached hydrogen (secondary N) is 2. The summed E-state index contributed by atoms with van der Waals surface area (Å²) in [6.45, 7) is 4.29. The van der Waals surface area contributed by atoms with Crippen LogP contribution in [0.15, 0.2) is 0 Å². The first kappa shape index (κ1) is 15.9. The largest absolute Gasteiger partial charge is 0.352 e. The molecule has 0 rings (SSSR count). The Labute approximate surface area is 105 Å². The van der Waals surface area contributed by atoms with Crippen molar-refractivity contribution < 1.29 is 9.59 Å². The van der Waals surface area contributed by atoms with Crippen LogP contribution < -0.4 is 10.6 Å². The van der Waals surface area contributed by atoms with E-state index >= 15 is 0 Å². The number of amides is 2. The molecule has 4 nitrogen and oxygen atoms in total. The van der Waals surface area contributed by atoms with Crippen LogP contribution in [-0.4, -0.2) is 24.9 Å². The van der Waals surface area contributed by atoms with E-state index in [4.69, 9.17) is 0 Å². The number of hydrogen-bond acceptors (Lipinski definition) is 2. The summed E-state index contributed by atoms with van der Waals surface area (Å²) in [6.07, 6.45) is 9.16. The Bertz CT molecular complexity index is 208. The minimum absolute atomic E-state index is 0.0737. The molecule has 0 spiro atoms. The predicted octanol–water partition coefficient (Wildman–Crippen LogP) is 1.99. The van der Waals surface area contributed by atoms with Gasteiger partial charge < -0.3 is 10.6 Å². The van der Waals surface area contributed by atoms with Crippen molar-refractivity contribution >= 4 is 12.3 Å². The van der Waals surface area contributed by atoms with Gasteiger partial charge in [-0.15, -0.1) is 0 Å². The van der Waals surface area contributed by atoms with Crippen LogP contribution in [0.5, 0.6) is 0 Å². The van der Waals surface area contributed by atoms with Crippen LogP contribution in [0.1, 0.15) is 58.8 Å². The highest BCUT2D eigenvalue weighted by atomic mass is 16.2. The lowest BCUT2D eigenvalue weighted by atomic mass is 10.1. The molecule has 4 heteroatoms. The van der Waals surface area contributed by atoms with E-state index in [-0.39, 0.29) is 18.5 Å². The van der Waals surface area contributed by atoms with Crippen molar-refractivity contribution in [2.45, 2.75) is 64.8 Å². The fraction of sp³-hybridized carbons (Fsp3) is 0.846. The molecular weight excluding hydrogens is 216 g/mol. The molecule has 0 heterocycles. The molecule has 2 N–H and O–H groups in total. The first-order chi connectivity index (χ1) is 8.20. The highest BCUT2D eigenvalue weighted by Gasteiger charge is 2.05. The third-order valence-corrected chi connectivity index (χ3v) is 2.74. The molecule has 0 aliphatic rings. The van der Waals surface area contributed by atoms with Crippen LogP contribution in [0.3, 0.4) is 0 Å². The molecule has 0 radical (unpaired) electrons. The van der Waals surface area contributed by atoms with Crippen molar-refractivity contribution in [2.24, 2.45) is 0 Å². The van der Waals surface area contributed by atoms with Gasteiger partial charge >= 0.3 is 0 Å². The van der Waals surface area contributed by atoms with Crippen LogP contribution >= 0.6 is 0 Å². The Balaban J connectivity index is 3.36. The molecule has 0 aromatic heterocycles. The molecule has 0 aliphatic heterocycles. The molecule has 0 bridgehead atoms. The maximum atomic E-state index is 11.3. The second kappa shape index (κ2) is 11.4. The fourth-order valence-electron chi connectivity index (χ4n) is 1.76. The summed E-state index contributed by atoms with van der Waals surface area (Å²) in [5.74, 6) is -0.115. The van der Waals surface area contributed by atoms with Crippen LogP contribution in [0, 0.1) is 0 Å². The normalized spacial score (nSPS) is 11.9. The summed E-state index contributed by atoms with van der Waals surface area (Å²) in [4.78, 5) is 21.3. The Hall–Kier alpha value is -1.06. The van der Waals surface area contributed by atoms with Gasteiger partial charge in [0.05, 0.1) is 6.54 Å². The summed E-state index contributed by atoms with van der Waals surface area (Å²) in [6, 6.07) is 0.196. The Morgan fingerprint density at radius 1 is 1.18 bits per heavy atom. The van der Waals surface area contributed by atoms with Crippen molar-refractivity contribution in [3.8, 4) is 0 Å². The van der Waals surface area contributed by atoms with E-state index in [9.17, 15) is 9.59 Å². The van der Waals surface area contributed by atoms with Crippen molar-refractivity contribution in [3.63, 3.8) is 0 Å². The third-order valence-electron chi connectivity index (χ3n) is 2.74. The van der Waals surface area contributed by atoms with Crippen LogP contribution in [-0.2, 0) is 9.59 Å². The molecule has 1 atom stereocenters. The minimum Gasteiger partial charge on any atom is -0.352 e. The molecule has 17 heavy (non-hydrogen) atoms. The van der Waals surface area contributed by atoms with E-state index in [0.717, 1.165) is 12.8 Å². The van der Waals surface area contributed by atoms with E-state index in [1.807, 2.05) is 6.92 Å². The van der Waals surface area contributed by atoms with Crippen molar-refractivity contribution in [1.82, 2.24) is 10.6 Å². The van der Waals surface area contributed by atoms with Gasteiger partial charge in [-0.05, 0) is 13.3 Å². The molecule has 2 amide bonds. The van der Waals surface area contributed by atoms with Gasteiger partial charge in [0.1, 0.15) is 0 Å². The molecular formula is C13H26N2O2. The third kappa shape index (κ3) is 11.2. The molecule has 0 aliphatic carbocycles. The van der Waals surface area contributed by atoms with Crippen molar-refractivity contribution in [3.05, 3.63) is 0 Å².